The van der Waals surface area contributed by atoms with E-state index in [1.54, 1.807) is 29.4 Å². The highest BCUT2D eigenvalue weighted by atomic mass is 19.1. The molecule has 0 unspecified atom stereocenters. The fraction of sp³-hybridized carbons (Fsp3) is 0.214. The highest BCUT2D eigenvalue weighted by Gasteiger charge is 2.09. The zero-order valence-electron chi connectivity index (χ0n) is 10.5. The average molecular weight is 245 g/mol. The van der Waals surface area contributed by atoms with Gasteiger partial charge in [0.2, 0.25) is 0 Å². The van der Waals surface area contributed by atoms with Crippen LogP contribution in [-0.4, -0.2) is 18.6 Å². The summed E-state index contributed by atoms with van der Waals surface area (Å²) in [5.74, 6) is -0.242. The van der Waals surface area contributed by atoms with Crippen molar-refractivity contribution >= 4 is 17.1 Å². The Bertz CT molecular complexity index is 528. The standard InChI is InChI=1S/C14H16FN3/c1-3-17-11-8-12(10-16-9-11)18(2)14-7-5-4-6-13(14)15/h4-10,17H,3H2,1-2H3. The minimum absolute atomic E-state index is 0.242. The van der Waals surface area contributed by atoms with Gasteiger partial charge in [0.15, 0.2) is 0 Å². The first-order valence-corrected chi connectivity index (χ1v) is 5.89. The molecule has 4 heteroatoms. The van der Waals surface area contributed by atoms with Gasteiger partial charge in [-0.25, -0.2) is 4.39 Å². The predicted molar refractivity (Wildman–Crippen MR) is 72.9 cm³/mol. The van der Waals surface area contributed by atoms with Gasteiger partial charge in [-0.05, 0) is 25.1 Å². The highest BCUT2D eigenvalue weighted by molar-refractivity contribution is 5.65. The van der Waals surface area contributed by atoms with Crippen molar-refractivity contribution in [1.82, 2.24) is 4.98 Å². The normalized spacial score (nSPS) is 10.2. The molecule has 0 saturated heterocycles. The van der Waals surface area contributed by atoms with E-state index in [-0.39, 0.29) is 5.82 Å². The second kappa shape index (κ2) is 5.49. The molecule has 1 heterocycles. The highest BCUT2D eigenvalue weighted by Crippen LogP contribution is 2.26. The summed E-state index contributed by atoms with van der Waals surface area (Å²) >= 11 is 0. The van der Waals surface area contributed by atoms with Crippen LogP contribution in [0.1, 0.15) is 6.92 Å². The Balaban J connectivity index is 2.31. The molecule has 0 bridgehead atoms. The van der Waals surface area contributed by atoms with E-state index in [9.17, 15) is 4.39 Å². The first kappa shape index (κ1) is 12.4. The number of pyridine rings is 1. The molecule has 0 aliphatic carbocycles. The van der Waals surface area contributed by atoms with E-state index in [1.165, 1.54) is 6.07 Å². The van der Waals surface area contributed by atoms with E-state index in [0.29, 0.717) is 5.69 Å². The van der Waals surface area contributed by atoms with E-state index in [0.717, 1.165) is 17.9 Å². The quantitative estimate of drug-likeness (QED) is 0.894. The third kappa shape index (κ3) is 2.59. The molecule has 0 amide bonds. The van der Waals surface area contributed by atoms with Gasteiger partial charge in [-0.3, -0.25) is 4.98 Å². The van der Waals surface area contributed by atoms with E-state index >= 15 is 0 Å². The zero-order valence-corrected chi connectivity index (χ0v) is 10.5. The summed E-state index contributed by atoms with van der Waals surface area (Å²) in [5.41, 5.74) is 2.31. The minimum atomic E-state index is -0.242. The van der Waals surface area contributed by atoms with Crippen LogP contribution in [0.15, 0.2) is 42.7 Å². The second-order valence-corrected chi connectivity index (χ2v) is 3.97. The summed E-state index contributed by atoms with van der Waals surface area (Å²) in [4.78, 5) is 5.93. The maximum absolute atomic E-state index is 13.7. The van der Waals surface area contributed by atoms with Crippen LogP contribution in [0.2, 0.25) is 0 Å². The summed E-state index contributed by atoms with van der Waals surface area (Å²) in [6.45, 7) is 2.85. The van der Waals surface area contributed by atoms with Crippen molar-refractivity contribution in [3.05, 3.63) is 48.5 Å². The van der Waals surface area contributed by atoms with Gasteiger partial charge < -0.3 is 10.2 Å². The van der Waals surface area contributed by atoms with E-state index < -0.39 is 0 Å². The summed E-state index contributed by atoms with van der Waals surface area (Å²) in [6.07, 6.45) is 3.47. The molecule has 0 atom stereocenters. The van der Waals surface area contributed by atoms with Gasteiger partial charge in [-0.2, -0.15) is 0 Å². The smallest absolute Gasteiger partial charge is 0.146 e. The molecule has 2 aromatic rings. The zero-order chi connectivity index (χ0) is 13.0. The number of hydrogen-bond donors (Lipinski definition) is 1. The number of nitrogens with zero attached hydrogens (tertiary/aromatic N) is 2. The van der Waals surface area contributed by atoms with Crippen LogP contribution in [0.5, 0.6) is 0 Å². The van der Waals surface area contributed by atoms with Crippen molar-refractivity contribution in [3.63, 3.8) is 0 Å². The third-order valence-electron chi connectivity index (χ3n) is 2.71. The molecular formula is C14H16FN3. The van der Waals surface area contributed by atoms with Crippen molar-refractivity contribution in [3.8, 4) is 0 Å². The molecule has 0 saturated carbocycles. The monoisotopic (exact) mass is 245 g/mol. The van der Waals surface area contributed by atoms with Crippen LogP contribution < -0.4 is 10.2 Å². The topological polar surface area (TPSA) is 28.2 Å². The van der Waals surface area contributed by atoms with Gasteiger partial charge in [0, 0.05) is 13.6 Å². The lowest BCUT2D eigenvalue weighted by atomic mass is 10.2. The summed E-state index contributed by atoms with van der Waals surface area (Å²) in [6, 6.07) is 8.64. The van der Waals surface area contributed by atoms with Gasteiger partial charge in [-0.1, -0.05) is 12.1 Å². The molecule has 94 valence electrons. The summed E-state index contributed by atoms with van der Waals surface area (Å²) < 4.78 is 13.7. The van der Waals surface area contributed by atoms with Crippen LogP contribution in [0.4, 0.5) is 21.5 Å². The molecule has 3 nitrogen and oxygen atoms in total. The first-order valence-electron chi connectivity index (χ1n) is 5.89. The van der Waals surface area contributed by atoms with Gasteiger partial charge in [-0.15, -0.1) is 0 Å². The maximum atomic E-state index is 13.7. The molecule has 2 rings (SSSR count). The predicted octanol–water partition coefficient (Wildman–Crippen LogP) is 3.42. The third-order valence-corrected chi connectivity index (χ3v) is 2.71. The van der Waals surface area contributed by atoms with E-state index in [4.69, 9.17) is 0 Å². The summed E-state index contributed by atoms with van der Waals surface area (Å²) in [5, 5.41) is 3.19. The van der Waals surface area contributed by atoms with Crippen LogP contribution in [0.3, 0.4) is 0 Å². The van der Waals surface area contributed by atoms with E-state index in [1.807, 2.05) is 26.1 Å². The van der Waals surface area contributed by atoms with Crippen molar-refractivity contribution in [2.45, 2.75) is 6.92 Å². The molecule has 0 fully saturated rings. The Labute approximate surface area is 106 Å². The summed E-state index contributed by atoms with van der Waals surface area (Å²) in [7, 11) is 1.82. The molecule has 1 aromatic carbocycles. The lowest BCUT2D eigenvalue weighted by molar-refractivity contribution is 0.627. The number of hydrogen-bond acceptors (Lipinski definition) is 3. The van der Waals surface area contributed by atoms with Crippen molar-refractivity contribution in [1.29, 1.82) is 0 Å². The average Bonchev–Trinajstić information content (AvgIpc) is 2.39. The minimum Gasteiger partial charge on any atom is -0.384 e. The van der Waals surface area contributed by atoms with E-state index in [2.05, 4.69) is 10.3 Å². The Hall–Kier alpha value is -2.10. The number of nitrogens with one attached hydrogen (secondary N) is 1. The van der Waals surface area contributed by atoms with Crippen LogP contribution in [0, 0.1) is 5.82 Å². The van der Waals surface area contributed by atoms with Crippen molar-refractivity contribution in [2.75, 3.05) is 23.8 Å². The number of rotatable bonds is 4. The number of aromatic nitrogens is 1. The van der Waals surface area contributed by atoms with Gasteiger partial charge >= 0.3 is 0 Å². The first-order chi connectivity index (χ1) is 8.72. The fourth-order valence-electron chi connectivity index (χ4n) is 1.77. The number of halogens is 1. The molecule has 0 aliphatic rings. The molecule has 18 heavy (non-hydrogen) atoms. The van der Waals surface area contributed by atoms with Gasteiger partial charge in [0.05, 0.1) is 29.5 Å². The van der Waals surface area contributed by atoms with Crippen LogP contribution >= 0.6 is 0 Å². The molecular weight excluding hydrogens is 229 g/mol. The molecule has 0 spiro atoms. The fourth-order valence-corrected chi connectivity index (χ4v) is 1.77. The number of anilines is 3. The van der Waals surface area contributed by atoms with Crippen molar-refractivity contribution < 1.29 is 4.39 Å². The van der Waals surface area contributed by atoms with Gasteiger partial charge in [0.25, 0.3) is 0 Å². The Morgan fingerprint density at radius 2 is 2.06 bits per heavy atom. The largest absolute Gasteiger partial charge is 0.384 e. The lowest BCUT2D eigenvalue weighted by Gasteiger charge is -2.20. The Morgan fingerprint density at radius 1 is 1.28 bits per heavy atom. The molecule has 0 radical (unpaired) electrons. The lowest BCUT2D eigenvalue weighted by Crippen LogP contribution is -2.12. The van der Waals surface area contributed by atoms with Crippen LogP contribution in [0.25, 0.3) is 0 Å². The Morgan fingerprint density at radius 3 is 2.78 bits per heavy atom. The molecule has 0 aliphatic heterocycles. The van der Waals surface area contributed by atoms with Gasteiger partial charge in [0.1, 0.15) is 5.82 Å². The number of benzene rings is 1. The Kier molecular flexibility index (Phi) is 3.77. The van der Waals surface area contributed by atoms with Crippen molar-refractivity contribution in [2.24, 2.45) is 0 Å². The molecule has 1 N–H and O–H groups in total. The maximum Gasteiger partial charge on any atom is 0.146 e. The van der Waals surface area contributed by atoms with Crippen LogP contribution in [-0.2, 0) is 0 Å². The number of para-hydroxylation sites is 1. The molecule has 1 aromatic heterocycles. The SMILES string of the molecule is CCNc1cncc(N(C)c2ccccc2F)c1. The second-order valence-electron chi connectivity index (χ2n) is 3.97.